The second-order valence-corrected chi connectivity index (χ2v) is 4.79. The van der Waals surface area contributed by atoms with E-state index in [1.54, 1.807) is 0 Å². The van der Waals surface area contributed by atoms with Crippen molar-refractivity contribution in [3.8, 4) is 0 Å². The van der Waals surface area contributed by atoms with Crippen molar-refractivity contribution in [2.45, 2.75) is 6.29 Å². The molecule has 0 spiro atoms. The summed E-state index contributed by atoms with van der Waals surface area (Å²) in [5, 5.41) is 11.6. The molecule has 7 heteroatoms. The van der Waals surface area contributed by atoms with Crippen LogP contribution in [0.3, 0.4) is 0 Å². The fourth-order valence-electron chi connectivity index (χ4n) is 1.23. The number of carbonyl (C=O) groups is 1. The van der Waals surface area contributed by atoms with Crippen molar-refractivity contribution in [2.75, 3.05) is 5.32 Å². The van der Waals surface area contributed by atoms with Gasteiger partial charge in [-0.1, -0.05) is 0 Å². The highest BCUT2D eigenvalue weighted by Gasteiger charge is 2.29. The second-order valence-electron chi connectivity index (χ2n) is 2.83. The number of carbonyl (C=O) groups excluding carboxylic acids is 1. The number of amides is 1. The zero-order chi connectivity index (χ0) is 11.2. The Morgan fingerprint density at radius 2 is 2.33 bits per heavy atom. The van der Waals surface area contributed by atoms with Crippen molar-refractivity contribution < 1.29 is 19.0 Å². The molecular formula is C8H4BrFINO3. The van der Waals surface area contributed by atoms with Gasteiger partial charge in [0.25, 0.3) is 0 Å². The fourth-order valence-corrected chi connectivity index (χ4v) is 2.12. The van der Waals surface area contributed by atoms with Crippen LogP contribution in [0.15, 0.2) is 10.5 Å². The molecule has 1 amide bonds. The lowest BCUT2D eigenvalue weighted by Gasteiger charge is -2.23. The number of ether oxygens (including phenoxy) is 1. The third-order valence-electron chi connectivity index (χ3n) is 1.90. The molecule has 0 fully saturated rings. The molecule has 0 radical (unpaired) electrons. The van der Waals surface area contributed by atoms with Gasteiger partial charge in [0.15, 0.2) is 5.82 Å². The van der Waals surface area contributed by atoms with E-state index in [2.05, 4.69) is 26.0 Å². The molecule has 1 aromatic carbocycles. The summed E-state index contributed by atoms with van der Waals surface area (Å²) in [6, 6.07) is 1.53. The normalized spacial score (nSPS) is 19.2. The number of hydrogen-bond acceptors (Lipinski definition) is 3. The van der Waals surface area contributed by atoms with Gasteiger partial charge in [-0.2, -0.15) is 0 Å². The molecule has 1 heterocycles. The van der Waals surface area contributed by atoms with Crippen molar-refractivity contribution in [2.24, 2.45) is 0 Å². The first kappa shape index (κ1) is 11.1. The Balaban J connectivity index is 2.65. The SMILES string of the molecule is O=C1Nc2c(cc(I)c(Br)c2F)C(O)O1. The molecule has 2 rings (SSSR count). The number of anilines is 1. The number of aliphatic hydroxyl groups excluding tert-OH is 1. The lowest BCUT2D eigenvalue weighted by Crippen LogP contribution is -2.25. The van der Waals surface area contributed by atoms with E-state index in [4.69, 9.17) is 0 Å². The maximum absolute atomic E-state index is 13.7. The second kappa shape index (κ2) is 3.87. The van der Waals surface area contributed by atoms with Crippen LogP contribution in [-0.2, 0) is 4.74 Å². The molecule has 1 aromatic rings. The Kier molecular flexibility index (Phi) is 2.86. The lowest BCUT2D eigenvalue weighted by atomic mass is 10.1. The molecule has 4 nitrogen and oxygen atoms in total. The molecule has 15 heavy (non-hydrogen) atoms. The third kappa shape index (κ3) is 1.83. The van der Waals surface area contributed by atoms with Crippen LogP contribution in [0.1, 0.15) is 11.9 Å². The minimum absolute atomic E-state index is 0.0500. The molecule has 1 atom stereocenters. The largest absolute Gasteiger partial charge is 0.415 e. The van der Waals surface area contributed by atoms with Crippen LogP contribution in [0.4, 0.5) is 14.9 Å². The molecule has 2 N–H and O–H groups in total. The van der Waals surface area contributed by atoms with E-state index in [9.17, 15) is 14.3 Å². The highest BCUT2D eigenvalue weighted by Crippen LogP contribution is 2.37. The average molecular weight is 388 g/mol. The van der Waals surface area contributed by atoms with Gasteiger partial charge >= 0.3 is 6.09 Å². The third-order valence-corrected chi connectivity index (χ3v) is 4.27. The first-order valence-electron chi connectivity index (χ1n) is 3.84. The van der Waals surface area contributed by atoms with Crippen LogP contribution < -0.4 is 5.32 Å². The van der Waals surface area contributed by atoms with Crippen molar-refractivity contribution in [3.63, 3.8) is 0 Å². The van der Waals surface area contributed by atoms with E-state index < -0.39 is 18.2 Å². The molecular weight excluding hydrogens is 384 g/mol. The van der Waals surface area contributed by atoms with Gasteiger partial charge < -0.3 is 9.84 Å². The molecule has 0 aromatic heterocycles. The highest BCUT2D eigenvalue weighted by atomic mass is 127. The van der Waals surface area contributed by atoms with Crippen LogP contribution >= 0.6 is 38.5 Å². The summed E-state index contributed by atoms with van der Waals surface area (Å²) in [5.41, 5.74) is 0.158. The highest BCUT2D eigenvalue weighted by molar-refractivity contribution is 14.1. The number of halogens is 3. The summed E-state index contributed by atoms with van der Waals surface area (Å²) in [5.74, 6) is -0.618. The van der Waals surface area contributed by atoms with Gasteiger partial charge in [0.05, 0.1) is 10.2 Å². The molecule has 1 aliphatic heterocycles. The van der Waals surface area contributed by atoms with Gasteiger partial charge in [0, 0.05) is 9.13 Å². The van der Waals surface area contributed by atoms with Gasteiger partial charge in [0.1, 0.15) is 0 Å². The topological polar surface area (TPSA) is 58.6 Å². The Morgan fingerprint density at radius 3 is 3.00 bits per heavy atom. The van der Waals surface area contributed by atoms with E-state index in [1.807, 2.05) is 22.6 Å². The number of cyclic esters (lactones) is 1. The average Bonchev–Trinajstić information content (AvgIpc) is 2.17. The number of nitrogens with one attached hydrogen (secondary N) is 1. The number of fused-ring (bicyclic) bond motifs is 1. The number of aliphatic hydroxyl groups is 1. The molecule has 1 aliphatic rings. The van der Waals surface area contributed by atoms with Crippen molar-refractivity contribution in [1.82, 2.24) is 0 Å². The van der Waals surface area contributed by atoms with Crippen LogP contribution in [0, 0.1) is 9.39 Å². The lowest BCUT2D eigenvalue weighted by molar-refractivity contribution is -0.0526. The monoisotopic (exact) mass is 387 g/mol. The van der Waals surface area contributed by atoms with E-state index >= 15 is 0 Å². The molecule has 0 bridgehead atoms. The number of benzene rings is 1. The minimum Gasteiger partial charge on any atom is -0.415 e. The Bertz CT molecular complexity index is 454. The summed E-state index contributed by atoms with van der Waals surface area (Å²) in [4.78, 5) is 10.9. The Hall–Kier alpha value is -0.410. The van der Waals surface area contributed by atoms with Crippen LogP contribution in [-0.4, -0.2) is 11.2 Å². The molecule has 0 saturated heterocycles. The van der Waals surface area contributed by atoms with Gasteiger partial charge in [-0.3, -0.25) is 5.32 Å². The van der Waals surface area contributed by atoms with E-state index in [1.165, 1.54) is 6.07 Å². The number of hydrogen-bond donors (Lipinski definition) is 2. The van der Waals surface area contributed by atoms with Crippen LogP contribution in [0.2, 0.25) is 0 Å². The van der Waals surface area contributed by atoms with Gasteiger partial charge in [-0.25, -0.2) is 9.18 Å². The molecule has 0 aliphatic carbocycles. The minimum atomic E-state index is -1.43. The van der Waals surface area contributed by atoms with E-state index in [0.717, 1.165) is 0 Å². The summed E-state index contributed by atoms with van der Waals surface area (Å²) in [7, 11) is 0. The summed E-state index contributed by atoms with van der Waals surface area (Å²) >= 11 is 4.95. The molecule has 80 valence electrons. The fraction of sp³-hybridized carbons (Fsp3) is 0.125. The van der Waals surface area contributed by atoms with E-state index in [-0.39, 0.29) is 15.7 Å². The summed E-state index contributed by atoms with van der Waals surface area (Å²) in [6.07, 6.45) is -2.30. The zero-order valence-corrected chi connectivity index (χ0v) is 10.8. The molecule has 0 saturated carbocycles. The molecule has 1 unspecified atom stereocenters. The smallest absolute Gasteiger partial charge is 0.414 e. The standard InChI is InChI=1S/C8H4BrFINO3/c9-4-3(11)1-2-6(5(4)10)12-8(14)15-7(2)13/h1,7,13H,(H,12,14). The van der Waals surface area contributed by atoms with Crippen LogP contribution in [0.5, 0.6) is 0 Å². The maximum Gasteiger partial charge on any atom is 0.414 e. The zero-order valence-electron chi connectivity index (χ0n) is 7.05. The van der Waals surface area contributed by atoms with Crippen molar-refractivity contribution in [1.29, 1.82) is 0 Å². The van der Waals surface area contributed by atoms with Crippen molar-refractivity contribution >= 4 is 50.3 Å². The predicted octanol–water partition coefficient (Wildman–Crippen LogP) is 2.75. The number of rotatable bonds is 0. The maximum atomic E-state index is 13.7. The van der Waals surface area contributed by atoms with Crippen molar-refractivity contribution in [3.05, 3.63) is 25.5 Å². The van der Waals surface area contributed by atoms with E-state index in [0.29, 0.717) is 3.57 Å². The van der Waals surface area contributed by atoms with Crippen LogP contribution in [0.25, 0.3) is 0 Å². The van der Waals surface area contributed by atoms with Gasteiger partial charge in [0.2, 0.25) is 6.29 Å². The first-order valence-corrected chi connectivity index (χ1v) is 5.71. The quantitative estimate of drug-likeness (QED) is 0.531. The van der Waals surface area contributed by atoms with Gasteiger partial charge in [-0.05, 0) is 44.6 Å². The summed E-state index contributed by atoms with van der Waals surface area (Å²) in [6.45, 7) is 0. The first-order chi connectivity index (χ1) is 7.00. The predicted molar refractivity (Wildman–Crippen MR) is 61.9 cm³/mol. The Labute approximate surface area is 106 Å². The summed E-state index contributed by atoms with van der Waals surface area (Å²) < 4.78 is 19.0. The van der Waals surface area contributed by atoms with Gasteiger partial charge in [-0.15, -0.1) is 0 Å². The Morgan fingerprint density at radius 1 is 1.67 bits per heavy atom.